The fraction of sp³-hybridized carbons (Fsp3) is 0.333. The van der Waals surface area contributed by atoms with Crippen LogP contribution >= 0.6 is 22.7 Å². The number of anilines is 2. The van der Waals surface area contributed by atoms with Crippen molar-refractivity contribution in [3.8, 4) is 0 Å². The van der Waals surface area contributed by atoms with Gasteiger partial charge in [0.05, 0.1) is 48.3 Å². The predicted molar refractivity (Wildman–Crippen MR) is 155 cm³/mol. The van der Waals surface area contributed by atoms with Crippen LogP contribution in [0.4, 0.5) is 11.4 Å². The molecule has 0 spiro atoms. The topological polar surface area (TPSA) is 114 Å². The lowest BCUT2D eigenvalue weighted by atomic mass is 10.2. The molecule has 40 heavy (non-hydrogen) atoms. The highest BCUT2D eigenvalue weighted by molar-refractivity contribution is 7.89. The van der Waals surface area contributed by atoms with Crippen molar-refractivity contribution < 1.29 is 32.2 Å². The van der Waals surface area contributed by atoms with Gasteiger partial charge in [0.1, 0.15) is 0 Å². The molecule has 2 aromatic heterocycles. The van der Waals surface area contributed by atoms with Gasteiger partial charge in [0, 0.05) is 35.9 Å². The molecule has 0 bridgehead atoms. The number of benzene rings is 1. The summed E-state index contributed by atoms with van der Waals surface area (Å²) in [5.74, 6) is -1.20. The number of amides is 1. The molecule has 4 heterocycles. The molecule has 212 valence electrons. The zero-order chi connectivity index (χ0) is 28.0. The summed E-state index contributed by atoms with van der Waals surface area (Å²) < 4.78 is 44.1. The van der Waals surface area contributed by atoms with E-state index in [1.54, 1.807) is 18.2 Å². The van der Waals surface area contributed by atoms with E-state index in [9.17, 15) is 18.0 Å². The largest absolute Gasteiger partial charge is 0.452 e. The van der Waals surface area contributed by atoms with Crippen LogP contribution in [0.2, 0.25) is 0 Å². The zero-order valence-corrected chi connectivity index (χ0v) is 24.1. The Hall–Kier alpha value is -3.07. The zero-order valence-electron chi connectivity index (χ0n) is 21.6. The minimum Gasteiger partial charge on any atom is -0.452 e. The Balaban J connectivity index is 1.34. The Labute approximate surface area is 240 Å². The van der Waals surface area contributed by atoms with E-state index in [1.807, 2.05) is 39.9 Å². The molecule has 2 aliphatic heterocycles. The third-order valence-corrected chi connectivity index (χ3v) is 9.99. The molecule has 0 atom stereocenters. The van der Waals surface area contributed by atoms with E-state index in [4.69, 9.17) is 14.2 Å². The Morgan fingerprint density at radius 3 is 2.33 bits per heavy atom. The molecule has 1 amide bonds. The van der Waals surface area contributed by atoms with Crippen molar-refractivity contribution in [1.29, 1.82) is 0 Å². The number of ether oxygens (including phenoxy) is 3. The number of esters is 1. The molecule has 0 radical (unpaired) electrons. The first-order chi connectivity index (χ1) is 19.4. The summed E-state index contributed by atoms with van der Waals surface area (Å²) in [5.41, 5.74) is 1.35. The van der Waals surface area contributed by atoms with Crippen LogP contribution in [0.25, 0.3) is 11.6 Å². The highest BCUT2D eigenvalue weighted by atomic mass is 32.2. The van der Waals surface area contributed by atoms with Crippen LogP contribution in [0, 0.1) is 0 Å². The number of hydrogen-bond acceptors (Lipinski definition) is 10. The summed E-state index contributed by atoms with van der Waals surface area (Å²) in [6.45, 7) is 2.85. The number of nitrogens with one attached hydrogen (secondary N) is 1. The number of rotatable bonds is 9. The average molecular weight is 604 g/mol. The van der Waals surface area contributed by atoms with Crippen molar-refractivity contribution in [2.75, 3.05) is 69.4 Å². The van der Waals surface area contributed by atoms with E-state index in [2.05, 4.69) is 5.32 Å². The first-order valence-corrected chi connectivity index (χ1v) is 15.9. The highest BCUT2D eigenvalue weighted by Gasteiger charge is 2.28. The van der Waals surface area contributed by atoms with Crippen LogP contribution < -0.4 is 10.2 Å². The molecule has 0 unspecified atom stereocenters. The van der Waals surface area contributed by atoms with Gasteiger partial charge in [0.15, 0.2) is 6.61 Å². The van der Waals surface area contributed by atoms with Crippen molar-refractivity contribution in [2.45, 2.75) is 4.90 Å². The van der Waals surface area contributed by atoms with Gasteiger partial charge in [0.25, 0.3) is 5.91 Å². The molecular formula is C27H29N3O7S3. The number of thiophene rings is 2. The fourth-order valence-electron chi connectivity index (χ4n) is 4.37. The normalized spacial score (nSPS) is 17.0. The van der Waals surface area contributed by atoms with Gasteiger partial charge < -0.3 is 24.4 Å². The van der Waals surface area contributed by atoms with Gasteiger partial charge in [0.2, 0.25) is 10.0 Å². The number of nitrogens with zero attached hydrogens (tertiary/aromatic N) is 2. The predicted octanol–water partition coefficient (Wildman–Crippen LogP) is 3.39. The third kappa shape index (κ3) is 6.79. The van der Waals surface area contributed by atoms with Crippen molar-refractivity contribution in [3.05, 3.63) is 63.0 Å². The van der Waals surface area contributed by atoms with Crippen molar-refractivity contribution >= 4 is 67.6 Å². The van der Waals surface area contributed by atoms with Gasteiger partial charge >= 0.3 is 5.97 Å². The molecule has 0 aliphatic carbocycles. The summed E-state index contributed by atoms with van der Waals surface area (Å²) in [4.78, 5) is 29.7. The maximum atomic E-state index is 13.3. The first-order valence-electron chi connectivity index (χ1n) is 12.7. The molecular weight excluding hydrogens is 575 g/mol. The first kappa shape index (κ1) is 28.5. The Bertz CT molecular complexity index is 1440. The molecule has 2 fully saturated rings. The van der Waals surface area contributed by atoms with Gasteiger partial charge in [-0.2, -0.15) is 4.31 Å². The summed E-state index contributed by atoms with van der Waals surface area (Å²) in [6, 6.07) is 12.1. The van der Waals surface area contributed by atoms with Crippen LogP contribution in [0.5, 0.6) is 0 Å². The van der Waals surface area contributed by atoms with E-state index < -0.39 is 28.5 Å². The number of hydrogen-bond donors (Lipinski definition) is 1. The van der Waals surface area contributed by atoms with Gasteiger partial charge in [-0.3, -0.25) is 4.79 Å². The average Bonchev–Trinajstić information content (AvgIpc) is 3.70. The van der Waals surface area contributed by atoms with E-state index in [0.29, 0.717) is 56.5 Å². The number of carbonyl (C=O) groups excluding carboxylic acids is 2. The van der Waals surface area contributed by atoms with Gasteiger partial charge in [-0.15, -0.1) is 22.7 Å². The van der Waals surface area contributed by atoms with Crippen molar-refractivity contribution in [1.82, 2.24) is 4.31 Å². The monoisotopic (exact) mass is 603 g/mol. The third-order valence-electron chi connectivity index (χ3n) is 6.37. The number of morpholine rings is 2. The van der Waals surface area contributed by atoms with E-state index in [-0.39, 0.29) is 18.0 Å². The van der Waals surface area contributed by atoms with Crippen molar-refractivity contribution in [2.24, 2.45) is 0 Å². The molecule has 1 aromatic carbocycles. The van der Waals surface area contributed by atoms with Gasteiger partial charge in [-0.25, -0.2) is 13.2 Å². The van der Waals surface area contributed by atoms with Crippen LogP contribution in [0.1, 0.15) is 9.75 Å². The number of sulfonamides is 1. The molecule has 3 aromatic rings. The smallest absolute Gasteiger partial charge is 0.340 e. The fourth-order valence-corrected chi connectivity index (χ4v) is 7.19. The standard InChI is InChI=1S/C27H29N3O7S3/c31-26(19-37-27(32)22(25-4-2-16-39-25)17-20-3-1-15-38-20)28-23-18-21(40(33,34)30-9-13-36-14-10-30)5-6-24(23)29-7-11-35-12-8-29/h1-6,15-18H,7-14,19H2,(H,28,31)/b22-17-. The highest BCUT2D eigenvalue weighted by Crippen LogP contribution is 2.31. The summed E-state index contributed by atoms with van der Waals surface area (Å²) in [7, 11) is -3.79. The summed E-state index contributed by atoms with van der Waals surface area (Å²) >= 11 is 2.89. The van der Waals surface area contributed by atoms with Crippen LogP contribution in [-0.2, 0) is 33.8 Å². The van der Waals surface area contributed by atoms with Crippen LogP contribution in [-0.4, -0.2) is 83.8 Å². The second kappa shape index (κ2) is 13.1. The quantitative estimate of drug-likeness (QED) is 0.293. The second-order valence-corrected chi connectivity index (χ2v) is 12.8. The lowest BCUT2D eigenvalue weighted by molar-refractivity contribution is -0.141. The molecule has 2 aliphatic rings. The SMILES string of the molecule is O=C(COC(=O)/C(=C\c1cccs1)c1cccs1)Nc1cc(S(=O)(=O)N2CCOCC2)ccc1N1CCOCC1. The van der Waals surface area contributed by atoms with E-state index in [1.165, 1.54) is 33.0 Å². The molecule has 2 saturated heterocycles. The van der Waals surface area contributed by atoms with E-state index >= 15 is 0 Å². The summed E-state index contributed by atoms with van der Waals surface area (Å²) in [5, 5.41) is 6.55. The minimum absolute atomic E-state index is 0.0672. The molecule has 5 rings (SSSR count). The molecule has 1 N–H and O–H groups in total. The Morgan fingerprint density at radius 2 is 1.65 bits per heavy atom. The Morgan fingerprint density at radius 1 is 0.950 bits per heavy atom. The number of carbonyl (C=O) groups is 2. The Kier molecular flexibility index (Phi) is 9.29. The van der Waals surface area contributed by atoms with Crippen LogP contribution in [0.15, 0.2) is 58.1 Å². The lowest BCUT2D eigenvalue weighted by Crippen LogP contribution is -2.40. The van der Waals surface area contributed by atoms with Crippen molar-refractivity contribution in [3.63, 3.8) is 0 Å². The molecule has 10 nitrogen and oxygen atoms in total. The second-order valence-electron chi connectivity index (χ2n) is 8.97. The lowest BCUT2D eigenvalue weighted by Gasteiger charge is -2.31. The maximum Gasteiger partial charge on any atom is 0.340 e. The van der Waals surface area contributed by atoms with E-state index in [0.717, 1.165) is 9.75 Å². The van der Waals surface area contributed by atoms with Gasteiger partial charge in [-0.05, 0) is 47.2 Å². The van der Waals surface area contributed by atoms with Crippen LogP contribution in [0.3, 0.4) is 0 Å². The maximum absolute atomic E-state index is 13.3. The minimum atomic E-state index is -3.79. The molecule has 13 heteroatoms. The van der Waals surface area contributed by atoms with Gasteiger partial charge in [-0.1, -0.05) is 12.1 Å². The molecule has 0 saturated carbocycles. The summed E-state index contributed by atoms with van der Waals surface area (Å²) in [6.07, 6.45) is 1.74.